The Morgan fingerprint density at radius 1 is 1.25 bits per heavy atom. The molecule has 0 N–H and O–H groups in total. The predicted octanol–water partition coefficient (Wildman–Crippen LogP) is 4.99. The summed E-state index contributed by atoms with van der Waals surface area (Å²) in [6.45, 7) is 1.38. The van der Waals surface area contributed by atoms with Crippen LogP contribution in [0.25, 0.3) is 0 Å². The molecule has 8 heteroatoms. The Kier molecular flexibility index (Phi) is 5.01. The van der Waals surface area contributed by atoms with Gasteiger partial charge in [-0.25, -0.2) is 9.98 Å². The molecule has 1 aromatic heterocycles. The van der Waals surface area contributed by atoms with Gasteiger partial charge in [0.15, 0.2) is 5.17 Å². The van der Waals surface area contributed by atoms with E-state index in [0.717, 1.165) is 30.0 Å². The molecule has 0 amide bonds. The molecule has 0 spiro atoms. The van der Waals surface area contributed by atoms with E-state index in [4.69, 9.17) is 11.6 Å². The monoisotopic (exact) mass is 371 g/mol. The summed E-state index contributed by atoms with van der Waals surface area (Å²) in [7, 11) is 0. The van der Waals surface area contributed by atoms with Gasteiger partial charge in [-0.05, 0) is 29.8 Å². The molecule has 1 fully saturated rings. The SMILES string of the molecule is FC(F)(F)c1cccc(N=C2SCCN2Cc2ccc(Cl)nc2)c1. The summed E-state index contributed by atoms with van der Waals surface area (Å²) in [4.78, 5) is 10.4. The highest BCUT2D eigenvalue weighted by Gasteiger charge is 2.30. The molecule has 3 nitrogen and oxygen atoms in total. The van der Waals surface area contributed by atoms with Gasteiger partial charge in [0.1, 0.15) is 5.15 Å². The number of aromatic nitrogens is 1. The van der Waals surface area contributed by atoms with Crippen molar-refractivity contribution in [1.29, 1.82) is 0 Å². The molecule has 1 saturated heterocycles. The zero-order chi connectivity index (χ0) is 17.2. The second-order valence-corrected chi connectivity index (χ2v) is 6.65. The maximum atomic E-state index is 12.8. The molecule has 0 saturated carbocycles. The summed E-state index contributed by atoms with van der Waals surface area (Å²) in [5.41, 5.74) is 0.577. The van der Waals surface area contributed by atoms with Gasteiger partial charge in [-0.3, -0.25) is 0 Å². The van der Waals surface area contributed by atoms with Crippen LogP contribution in [0.4, 0.5) is 18.9 Å². The zero-order valence-electron chi connectivity index (χ0n) is 12.4. The van der Waals surface area contributed by atoms with E-state index in [-0.39, 0.29) is 0 Å². The maximum Gasteiger partial charge on any atom is 0.416 e. The Hall–Kier alpha value is -1.73. The average molecular weight is 372 g/mol. The van der Waals surface area contributed by atoms with Gasteiger partial charge >= 0.3 is 6.18 Å². The number of hydrogen-bond acceptors (Lipinski definition) is 3. The molecule has 0 unspecified atom stereocenters. The van der Waals surface area contributed by atoms with Crippen LogP contribution in [0, 0.1) is 0 Å². The second-order valence-electron chi connectivity index (χ2n) is 5.20. The van der Waals surface area contributed by atoms with Crippen molar-refractivity contribution in [3.63, 3.8) is 0 Å². The molecule has 1 aliphatic rings. The summed E-state index contributed by atoms with van der Waals surface area (Å²) < 4.78 is 38.4. The summed E-state index contributed by atoms with van der Waals surface area (Å²) in [5, 5.41) is 1.14. The number of halogens is 4. The van der Waals surface area contributed by atoms with Crippen molar-refractivity contribution in [2.24, 2.45) is 4.99 Å². The number of benzene rings is 1. The Labute approximate surface area is 146 Å². The summed E-state index contributed by atoms with van der Waals surface area (Å²) in [6.07, 6.45) is -2.68. The minimum atomic E-state index is -4.37. The fraction of sp³-hybridized carbons (Fsp3) is 0.250. The third-order valence-electron chi connectivity index (χ3n) is 3.42. The first-order chi connectivity index (χ1) is 11.4. The molecule has 0 atom stereocenters. The third kappa shape index (κ3) is 4.21. The molecule has 3 rings (SSSR count). The molecule has 0 bridgehead atoms. The molecular formula is C16H13ClF3N3S. The topological polar surface area (TPSA) is 28.5 Å². The van der Waals surface area contributed by atoms with Crippen molar-refractivity contribution >= 4 is 34.2 Å². The lowest BCUT2D eigenvalue weighted by Gasteiger charge is -2.18. The van der Waals surface area contributed by atoms with Gasteiger partial charge in [-0.15, -0.1) is 0 Å². The normalized spacial score (nSPS) is 16.8. The third-order valence-corrected chi connectivity index (χ3v) is 4.64. The first kappa shape index (κ1) is 17.1. The van der Waals surface area contributed by atoms with Crippen molar-refractivity contribution in [3.05, 3.63) is 58.9 Å². The predicted molar refractivity (Wildman–Crippen MR) is 90.7 cm³/mol. The number of nitrogens with zero attached hydrogens (tertiary/aromatic N) is 3. The lowest BCUT2D eigenvalue weighted by molar-refractivity contribution is -0.137. The van der Waals surface area contributed by atoms with Crippen LogP contribution < -0.4 is 0 Å². The number of pyridine rings is 1. The minimum absolute atomic E-state index is 0.299. The Morgan fingerprint density at radius 3 is 2.79 bits per heavy atom. The molecule has 126 valence electrons. The number of hydrogen-bond donors (Lipinski definition) is 0. The molecule has 2 heterocycles. The Bertz CT molecular complexity index is 747. The number of aliphatic imine (C=N–C) groups is 1. The van der Waals surface area contributed by atoms with Crippen molar-refractivity contribution < 1.29 is 13.2 Å². The van der Waals surface area contributed by atoms with Crippen LogP contribution in [0.2, 0.25) is 5.15 Å². The first-order valence-corrected chi connectivity index (χ1v) is 8.52. The molecule has 1 aromatic carbocycles. The van der Waals surface area contributed by atoms with Gasteiger partial charge in [0.2, 0.25) is 0 Å². The standard InChI is InChI=1S/C16H13ClF3N3S/c17-14-5-4-11(9-21-14)10-23-6-7-24-15(23)22-13-3-1-2-12(8-13)16(18,19)20/h1-5,8-9H,6-7,10H2. The van der Waals surface area contributed by atoms with E-state index in [2.05, 4.69) is 9.98 Å². The molecule has 1 aliphatic heterocycles. The fourth-order valence-electron chi connectivity index (χ4n) is 2.27. The summed E-state index contributed by atoms with van der Waals surface area (Å²) in [5.74, 6) is 0.846. The van der Waals surface area contributed by atoms with Crippen molar-refractivity contribution in [2.45, 2.75) is 12.7 Å². The highest BCUT2D eigenvalue weighted by atomic mass is 35.5. The number of thioether (sulfide) groups is 1. The van der Waals surface area contributed by atoms with Gasteiger partial charge < -0.3 is 4.90 Å². The number of alkyl halides is 3. The number of rotatable bonds is 3. The fourth-order valence-corrected chi connectivity index (χ4v) is 3.38. The Morgan fingerprint density at radius 2 is 2.08 bits per heavy atom. The first-order valence-electron chi connectivity index (χ1n) is 7.16. The van der Waals surface area contributed by atoms with Crippen molar-refractivity contribution in [3.8, 4) is 0 Å². The van der Waals surface area contributed by atoms with E-state index in [9.17, 15) is 13.2 Å². The van der Waals surface area contributed by atoms with E-state index in [1.54, 1.807) is 18.3 Å². The van der Waals surface area contributed by atoms with Crippen LogP contribution >= 0.6 is 23.4 Å². The highest BCUT2D eigenvalue weighted by Crippen LogP contribution is 2.32. The van der Waals surface area contributed by atoms with Crippen LogP contribution in [0.5, 0.6) is 0 Å². The minimum Gasteiger partial charge on any atom is -0.346 e. The highest BCUT2D eigenvalue weighted by molar-refractivity contribution is 8.14. The largest absolute Gasteiger partial charge is 0.416 e. The molecule has 24 heavy (non-hydrogen) atoms. The molecule has 0 aliphatic carbocycles. The average Bonchev–Trinajstić information content (AvgIpc) is 2.96. The molecular weight excluding hydrogens is 359 g/mol. The van der Waals surface area contributed by atoms with Crippen LogP contribution in [0.1, 0.15) is 11.1 Å². The van der Waals surface area contributed by atoms with Crippen LogP contribution in [0.3, 0.4) is 0 Å². The van der Waals surface area contributed by atoms with Gasteiger partial charge in [0, 0.05) is 25.0 Å². The Balaban J connectivity index is 1.80. The van der Waals surface area contributed by atoms with Crippen LogP contribution in [0.15, 0.2) is 47.6 Å². The van der Waals surface area contributed by atoms with Gasteiger partial charge in [-0.1, -0.05) is 35.5 Å². The van der Waals surface area contributed by atoms with Gasteiger partial charge in [-0.2, -0.15) is 13.2 Å². The van der Waals surface area contributed by atoms with E-state index >= 15 is 0 Å². The van der Waals surface area contributed by atoms with Crippen molar-refractivity contribution in [1.82, 2.24) is 9.88 Å². The van der Waals surface area contributed by atoms with Gasteiger partial charge in [0.25, 0.3) is 0 Å². The summed E-state index contributed by atoms with van der Waals surface area (Å²) in [6, 6.07) is 8.64. The van der Waals surface area contributed by atoms with Gasteiger partial charge in [0.05, 0.1) is 11.3 Å². The smallest absolute Gasteiger partial charge is 0.346 e. The van der Waals surface area contributed by atoms with E-state index < -0.39 is 11.7 Å². The quantitative estimate of drug-likeness (QED) is 0.711. The van der Waals surface area contributed by atoms with E-state index in [1.165, 1.54) is 17.8 Å². The molecule has 2 aromatic rings. The maximum absolute atomic E-state index is 12.8. The zero-order valence-corrected chi connectivity index (χ0v) is 14.0. The van der Waals surface area contributed by atoms with Crippen LogP contribution in [-0.2, 0) is 12.7 Å². The molecule has 0 radical (unpaired) electrons. The van der Waals surface area contributed by atoms with E-state index in [0.29, 0.717) is 22.6 Å². The lowest BCUT2D eigenvalue weighted by Crippen LogP contribution is -2.23. The second kappa shape index (κ2) is 7.03. The van der Waals surface area contributed by atoms with Crippen LogP contribution in [-0.4, -0.2) is 27.3 Å². The lowest BCUT2D eigenvalue weighted by atomic mass is 10.2. The van der Waals surface area contributed by atoms with E-state index in [1.807, 2.05) is 11.0 Å². The number of amidine groups is 1. The van der Waals surface area contributed by atoms with Crippen molar-refractivity contribution in [2.75, 3.05) is 12.3 Å². The summed E-state index contributed by atoms with van der Waals surface area (Å²) >= 11 is 7.30.